The standard InChI is InChI=1S/C24H26BrN5O5/c1-5-34-21-12-19(11-20(25)23(21)35-14-18-9-7-6-8-10-18)13-26-27-24(31)17(4)29-16(3)22(30(32)33)15(2)28-29/h6-13,17H,5,14H2,1-4H3,(H,27,31). The average Bonchev–Trinajstić information content (AvgIpc) is 3.12. The molecule has 1 atom stereocenters. The molecule has 3 aromatic rings. The fourth-order valence-electron chi connectivity index (χ4n) is 3.47. The molecule has 0 bridgehead atoms. The van der Waals surface area contributed by atoms with Crippen molar-refractivity contribution in [1.82, 2.24) is 15.2 Å². The largest absolute Gasteiger partial charge is 0.490 e. The predicted octanol–water partition coefficient (Wildman–Crippen LogP) is 4.86. The van der Waals surface area contributed by atoms with Gasteiger partial charge in [-0.3, -0.25) is 19.6 Å². The van der Waals surface area contributed by atoms with E-state index in [2.05, 4.69) is 31.6 Å². The summed E-state index contributed by atoms with van der Waals surface area (Å²) in [5.41, 5.74) is 4.60. The lowest BCUT2D eigenvalue weighted by molar-refractivity contribution is -0.386. The topological polar surface area (TPSA) is 121 Å². The van der Waals surface area contributed by atoms with Crippen LogP contribution >= 0.6 is 15.9 Å². The van der Waals surface area contributed by atoms with E-state index in [1.165, 1.54) is 17.8 Å². The SMILES string of the molecule is CCOc1cc(C=NNC(=O)C(C)n2nc(C)c([N+](=O)[O-])c2C)cc(Br)c1OCc1ccccc1. The quantitative estimate of drug-likeness (QED) is 0.221. The predicted molar refractivity (Wildman–Crippen MR) is 135 cm³/mol. The summed E-state index contributed by atoms with van der Waals surface area (Å²) in [4.78, 5) is 23.3. The average molecular weight is 544 g/mol. The maximum atomic E-state index is 12.6. The smallest absolute Gasteiger partial charge is 0.312 e. The van der Waals surface area contributed by atoms with Crippen LogP contribution < -0.4 is 14.9 Å². The number of carbonyl (C=O) groups excluding carboxylic acids is 1. The van der Waals surface area contributed by atoms with E-state index in [9.17, 15) is 14.9 Å². The number of nitrogens with zero attached hydrogens (tertiary/aromatic N) is 4. The molecule has 0 fully saturated rings. The van der Waals surface area contributed by atoms with E-state index in [-0.39, 0.29) is 11.4 Å². The Balaban J connectivity index is 1.72. The van der Waals surface area contributed by atoms with Crippen LogP contribution in [-0.2, 0) is 11.4 Å². The number of hydrogen-bond donors (Lipinski definition) is 1. The van der Waals surface area contributed by atoms with Crippen molar-refractivity contribution in [2.75, 3.05) is 6.61 Å². The van der Waals surface area contributed by atoms with Gasteiger partial charge in [-0.2, -0.15) is 10.2 Å². The van der Waals surface area contributed by atoms with Gasteiger partial charge in [-0.1, -0.05) is 30.3 Å². The fraction of sp³-hybridized carbons (Fsp3) is 0.292. The highest BCUT2D eigenvalue weighted by Gasteiger charge is 2.27. The van der Waals surface area contributed by atoms with Crippen LogP contribution in [0.1, 0.15) is 42.4 Å². The number of rotatable bonds is 10. The minimum Gasteiger partial charge on any atom is -0.490 e. The van der Waals surface area contributed by atoms with Gasteiger partial charge in [-0.25, -0.2) is 5.43 Å². The van der Waals surface area contributed by atoms with E-state index in [4.69, 9.17) is 9.47 Å². The number of ether oxygens (including phenoxy) is 2. The molecule has 0 aliphatic carbocycles. The molecular weight excluding hydrogens is 518 g/mol. The first-order valence-electron chi connectivity index (χ1n) is 10.9. The summed E-state index contributed by atoms with van der Waals surface area (Å²) in [7, 11) is 0. The van der Waals surface area contributed by atoms with Crippen molar-refractivity contribution in [2.24, 2.45) is 5.10 Å². The molecule has 1 unspecified atom stereocenters. The second-order valence-corrected chi connectivity index (χ2v) is 8.52. The molecule has 35 heavy (non-hydrogen) atoms. The van der Waals surface area contributed by atoms with Crippen LogP contribution in [0.5, 0.6) is 11.5 Å². The molecule has 184 valence electrons. The Kier molecular flexibility index (Phi) is 8.58. The molecule has 3 rings (SSSR count). The summed E-state index contributed by atoms with van der Waals surface area (Å²) < 4.78 is 13.7. The van der Waals surface area contributed by atoms with Gasteiger partial charge >= 0.3 is 5.69 Å². The maximum absolute atomic E-state index is 12.6. The highest BCUT2D eigenvalue weighted by molar-refractivity contribution is 9.10. The van der Waals surface area contributed by atoms with Gasteiger partial charge in [0.05, 0.1) is 22.2 Å². The Morgan fingerprint density at radius 3 is 2.63 bits per heavy atom. The molecule has 1 aromatic heterocycles. The summed E-state index contributed by atoms with van der Waals surface area (Å²) in [6, 6.07) is 12.6. The van der Waals surface area contributed by atoms with E-state index in [1.807, 2.05) is 37.3 Å². The van der Waals surface area contributed by atoms with Crippen LogP contribution in [0.4, 0.5) is 5.69 Å². The Hall–Kier alpha value is -3.73. The summed E-state index contributed by atoms with van der Waals surface area (Å²) in [6.07, 6.45) is 1.47. The highest BCUT2D eigenvalue weighted by Crippen LogP contribution is 2.37. The van der Waals surface area contributed by atoms with Crippen LogP contribution in [0.2, 0.25) is 0 Å². The van der Waals surface area contributed by atoms with Gasteiger partial charge in [0.15, 0.2) is 11.5 Å². The number of halogens is 1. The molecule has 0 aliphatic heterocycles. The molecule has 2 aromatic carbocycles. The van der Waals surface area contributed by atoms with E-state index in [1.54, 1.807) is 26.0 Å². The monoisotopic (exact) mass is 543 g/mol. The number of amides is 1. The van der Waals surface area contributed by atoms with Gasteiger partial charge in [0.25, 0.3) is 5.91 Å². The molecule has 1 amide bonds. The zero-order chi connectivity index (χ0) is 25.5. The first kappa shape index (κ1) is 25.9. The van der Waals surface area contributed by atoms with Gasteiger partial charge in [0.1, 0.15) is 24.0 Å². The lowest BCUT2D eigenvalue weighted by atomic mass is 10.2. The van der Waals surface area contributed by atoms with Crippen molar-refractivity contribution in [3.63, 3.8) is 0 Å². The second kappa shape index (κ2) is 11.6. The molecule has 11 heteroatoms. The number of benzene rings is 2. The molecule has 0 saturated heterocycles. The summed E-state index contributed by atoms with van der Waals surface area (Å²) in [5, 5.41) is 19.4. The van der Waals surface area contributed by atoms with E-state index in [0.717, 1.165) is 5.56 Å². The molecule has 0 spiro atoms. The van der Waals surface area contributed by atoms with Crippen LogP contribution in [-0.4, -0.2) is 33.4 Å². The lowest BCUT2D eigenvalue weighted by Gasteiger charge is -2.15. The minimum absolute atomic E-state index is 0.101. The Morgan fingerprint density at radius 1 is 1.29 bits per heavy atom. The number of carbonyl (C=O) groups is 1. The Morgan fingerprint density at radius 2 is 2.00 bits per heavy atom. The van der Waals surface area contributed by atoms with E-state index < -0.39 is 16.9 Å². The third kappa shape index (κ3) is 6.24. The number of hydrogen-bond acceptors (Lipinski definition) is 7. The number of nitrogens with one attached hydrogen (secondary N) is 1. The van der Waals surface area contributed by atoms with Gasteiger partial charge < -0.3 is 9.47 Å². The molecule has 0 aliphatic rings. The zero-order valence-electron chi connectivity index (χ0n) is 19.8. The zero-order valence-corrected chi connectivity index (χ0v) is 21.4. The number of nitro groups is 1. The summed E-state index contributed by atoms with van der Waals surface area (Å²) in [5.74, 6) is 0.638. The van der Waals surface area contributed by atoms with Crippen LogP contribution in [0.15, 0.2) is 52.0 Å². The third-order valence-corrected chi connectivity index (χ3v) is 5.75. The number of aromatic nitrogens is 2. The van der Waals surface area contributed by atoms with Gasteiger partial charge in [-0.15, -0.1) is 0 Å². The molecule has 10 nitrogen and oxygen atoms in total. The van der Waals surface area contributed by atoms with Crippen molar-refractivity contribution in [2.45, 2.75) is 40.3 Å². The van der Waals surface area contributed by atoms with Gasteiger partial charge in [-0.05, 0) is 66.9 Å². The first-order chi connectivity index (χ1) is 16.7. The summed E-state index contributed by atoms with van der Waals surface area (Å²) in [6.45, 7) is 7.38. The van der Waals surface area contributed by atoms with Crippen molar-refractivity contribution in [1.29, 1.82) is 0 Å². The van der Waals surface area contributed by atoms with E-state index >= 15 is 0 Å². The molecule has 0 radical (unpaired) electrons. The third-order valence-electron chi connectivity index (χ3n) is 5.16. The normalized spacial score (nSPS) is 11.9. The number of hydrazone groups is 1. The van der Waals surface area contributed by atoms with Crippen LogP contribution in [0, 0.1) is 24.0 Å². The van der Waals surface area contributed by atoms with Crippen molar-refractivity contribution < 1.29 is 19.2 Å². The Labute approximate surface area is 211 Å². The van der Waals surface area contributed by atoms with Gasteiger partial charge in [0.2, 0.25) is 0 Å². The van der Waals surface area contributed by atoms with Crippen molar-refractivity contribution >= 4 is 33.7 Å². The summed E-state index contributed by atoms with van der Waals surface area (Å²) >= 11 is 3.52. The minimum atomic E-state index is -0.793. The second-order valence-electron chi connectivity index (χ2n) is 7.67. The van der Waals surface area contributed by atoms with Gasteiger partial charge in [0, 0.05) is 0 Å². The highest BCUT2D eigenvalue weighted by atomic mass is 79.9. The molecular formula is C24H26BrN5O5. The first-order valence-corrected chi connectivity index (χ1v) is 11.7. The van der Waals surface area contributed by atoms with Crippen molar-refractivity contribution in [3.8, 4) is 11.5 Å². The van der Waals surface area contributed by atoms with E-state index in [0.29, 0.717) is 40.4 Å². The van der Waals surface area contributed by atoms with Crippen LogP contribution in [0.25, 0.3) is 0 Å². The molecule has 0 saturated carbocycles. The molecule has 1 heterocycles. The molecule has 1 N–H and O–H groups in total. The lowest BCUT2D eigenvalue weighted by Crippen LogP contribution is -2.28. The van der Waals surface area contributed by atoms with Crippen LogP contribution in [0.3, 0.4) is 0 Å². The maximum Gasteiger partial charge on any atom is 0.312 e. The number of aryl methyl sites for hydroxylation is 1. The van der Waals surface area contributed by atoms with Crippen molar-refractivity contribution in [3.05, 3.63) is 79.6 Å². The fourth-order valence-corrected chi connectivity index (χ4v) is 4.04. The Bertz CT molecular complexity index is 1240.